The number of ether oxygens (including phenoxy) is 1. The summed E-state index contributed by atoms with van der Waals surface area (Å²) in [6.07, 6.45) is 1.04. The molecule has 1 fully saturated rings. The largest absolute Gasteiger partial charge is 0.381 e. The Bertz CT molecular complexity index is 1240. The molecule has 1 saturated heterocycles. The predicted molar refractivity (Wildman–Crippen MR) is 125 cm³/mol. The van der Waals surface area contributed by atoms with Crippen molar-refractivity contribution >= 4 is 38.9 Å². The van der Waals surface area contributed by atoms with Crippen LogP contribution in [0, 0.1) is 5.82 Å². The smallest absolute Gasteiger partial charge is 0.261 e. The van der Waals surface area contributed by atoms with Crippen molar-refractivity contribution in [1.29, 1.82) is 0 Å². The summed E-state index contributed by atoms with van der Waals surface area (Å²) in [6, 6.07) is 18.2. The molecule has 33 heavy (non-hydrogen) atoms. The zero-order chi connectivity index (χ0) is 23.5. The van der Waals surface area contributed by atoms with Gasteiger partial charge < -0.3 is 10.1 Å². The molecule has 2 N–H and O–H groups in total. The van der Waals surface area contributed by atoms with Crippen molar-refractivity contribution in [1.82, 2.24) is 0 Å². The lowest BCUT2D eigenvalue weighted by Crippen LogP contribution is -2.44. The minimum atomic E-state index is -3.91. The van der Waals surface area contributed by atoms with E-state index in [9.17, 15) is 17.6 Å². The SMILES string of the molecule is O=C(Nc1ccc(S(=O)(=O)Nc2cccc(F)c2)cc1)C1(c2ccc(Cl)cc2)CCOCC1. The van der Waals surface area contributed by atoms with E-state index in [0.717, 1.165) is 11.6 Å². The first kappa shape index (κ1) is 23.2. The van der Waals surface area contributed by atoms with Crippen LogP contribution in [0.15, 0.2) is 77.7 Å². The maximum atomic E-state index is 13.4. The number of rotatable bonds is 6. The highest BCUT2D eigenvalue weighted by atomic mass is 35.5. The quantitative estimate of drug-likeness (QED) is 0.513. The van der Waals surface area contributed by atoms with E-state index >= 15 is 0 Å². The number of carbonyl (C=O) groups is 1. The molecule has 3 aromatic rings. The van der Waals surface area contributed by atoms with E-state index < -0.39 is 21.3 Å². The molecule has 6 nitrogen and oxygen atoms in total. The van der Waals surface area contributed by atoms with Gasteiger partial charge in [0.05, 0.1) is 16.0 Å². The van der Waals surface area contributed by atoms with Gasteiger partial charge in [0.25, 0.3) is 10.0 Å². The maximum absolute atomic E-state index is 13.4. The van der Waals surface area contributed by atoms with E-state index in [2.05, 4.69) is 10.0 Å². The Labute approximate surface area is 196 Å². The average Bonchev–Trinajstić information content (AvgIpc) is 2.80. The van der Waals surface area contributed by atoms with Gasteiger partial charge in [-0.05, 0) is 73.0 Å². The van der Waals surface area contributed by atoms with Gasteiger partial charge in [0.2, 0.25) is 5.91 Å². The number of halogens is 2. The van der Waals surface area contributed by atoms with Crippen LogP contribution >= 0.6 is 11.6 Å². The van der Waals surface area contributed by atoms with Gasteiger partial charge in [-0.15, -0.1) is 0 Å². The highest BCUT2D eigenvalue weighted by molar-refractivity contribution is 7.92. The van der Waals surface area contributed by atoms with E-state index in [-0.39, 0.29) is 16.5 Å². The number of hydrogen-bond donors (Lipinski definition) is 2. The number of hydrogen-bond acceptors (Lipinski definition) is 4. The van der Waals surface area contributed by atoms with Crippen molar-refractivity contribution in [3.8, 4) is 0 Å². The Morgan fingerprint density at radius 1 is 0.939 bits per heavy atom. The zero-order valence-electron chi connectivity index (χ0n) is 17.6. The van der Waals surface area contributed by atoms with Crippen molar-refractivity contribution in [2.45, 2.75) is 23.2 Å². The third-order valence-corrected chi connectivity index (χ3v) is 7.33. The highest BCUT2D eigenvalue weighted by Gasteiger charge is 2.41. The fourth-order valence-electron chi connectivity index (χ4n) is 3.87. The topological polar surface area (TPSA) is 84.5 Å². The van der Waals surface area contributed by atoms with E-state index in [1.807, 2.05) is 12.1 Å². The summed E-state index contributed by atoms with van der Waals surface area (Å²) >= 11 is 6.02. The molecule has 1 aliphatic rings. The van der Waals surface area contributed by atoms with Crippen LogP contribution in [-0.2, 0) is 25.0 Å². The second-order valence-corrected chi connectivity index (χ2v) is 9.91. The average molecular weight is 489 g/mol. The fourth-order valence-corrected chi connectivity index (χ4v) is 5.05. The van der Waals surface area contributed by atoms with Crippen molar-refractivity contribution in [3.05, 3.63) is 89.2 Å². The molecular weight excluding hydrogens is 467 g/mol. The molecule has 0 atom stereocenters. The Morgan fingerprint density at radius 3 is 2.24 bits per heavy atom. The monoisotopic (exact) mass is 488 g/mol. The minimum Gasteiger partial charge on any atom is -0.381 e. The lowest BCUT2D eigenvalue weighted by Gasteiger charge is -2.36. The molecule has 0 bridgehead atoms. The molecule has 0 aromatic heterocycles. The zero-order valence-corrected chi connectivity index (χ0v) is 19.1. The molecular formula is C24H22ClFN2O4S. The Hall–Kier alpha value is -2.94. The van der Waals surface area contributed by atoms with Crippen LogP contribution in [0.3, 0.4) is 0 Å². The van der Waals surface area contributed by atoms with Crippen LogP contribution in [0.5, 0.6) is 0 Å². The Balaban J connectivity index is 1.52. The minimum absolute atomic E-state index is 0.0109. The van der Waals surface area contributed by atoms with Crippen molar-refractivity contribution in [2.24, 2.45) is 0 Å². The second kappa shape index (κ2) is 9.51. The highest BCUT2D eigenvalue weighted by Crippen LogP contribution is 2.37. The van der Waals surface area contributed by atoms with E-state index in [4.69, 9.17) is 16.3 Å². The molecule has 1 heterocycles. The summed E-state index contributed by atoms with van der Waals surface area (Å²) < 4.78 is 46.4. The lowest BCUT2D eigenvalue weighted by atomic mass is 9.73. The van der Waals surface area contributed by atoms with Crippen LogP contribution in [0.4, 0.5) is 15.8 Å². The van der Waals surface area contributed by atoms with Gasteiger partial charge in [-0.25, -0.2) is 12.8 Å². The summed E-state index contributed by atoms with van der Waals surface area (Å²) in [7, 11) is -3.91. The van der Waals surface area contributed by atoms with Crippen LogP contribution < -0.4 is 10.0 Å². The molecule has 9 heteroatoms. The predicted octanol–water partition coefficient (Wildman–Crippen LogP) is 4.97. The van der Waals surface area contributed by atoms with Gasteiger partial charge in [0.15, 0.2) is 0 Å². The fraction of sp³-hybridized carbons (Fsp3) is 0.208. The summed E-state index contributed by atoms with van der Waals surface area (Å²) in [5.41, 5.74) is 0.666. The first-order valence-corrected chi connectivity index (χ1v) is 12.2. The summed E-state index contributed by atoms with van der Waals surface area (Å²) in [5, 5.41) is 3.50. The standard InChI is InChI=1S/C24H22ClFN2O4S/c25-18-6-4-17(5-7-18)24(12-14-32-15-13-24)23(29)27-20-8-10-22(11-9-20)33(30,31)28-21-3-1-2-19(26)16-21/h1-11,16,28H,12-15H2,(H,27,29). The molecule has 0 spiro atoms. The third kappa shape index (κ3) is 5.19. The van der Waals surface area contributed by atoms with E-state index in [1.165, 1.54) is 42.5 Å². The Kier molecular flexibility index (Phi) is 6.69. The van der Waals surface area contributed by atoms with Crippen LogP contribution in [0.2, 0.25) is 5.02 Å². The van der Waals surface area contributed by atoms with Gasteiger partial charge in [-0.2, -0.15) is 0 Å². The molecule has 1 amide bonds. The number of nitrogens with one attached hydrogen (secondary N) is 2. The number of anilines is 2. The van der Waals surface area contributed by atoms with Crippen molar-refractivity contribution in [2.75, 3.05) is 23.3 Å². The second-order valence-electron chi connectivity index (χ2n) is 7.80. The van der Waals surface area contributed by atoms with Crippen molar-refractivity contribution < 1.29 is 22.3 Å². The van der Waals surface area contributed by atoms with Crippen LogP contribution in [0.25, 0.3) is 0 Å². The summed E-state index contributed by atoms with van der Waals surface area (Å²) in [5.74, 6) is -0.738. The van der Waals surface area contributed by atoms with E-state index in [0.29, 0.717) is 36.8 Å². The number of sulfonamides is 1. The molecule has 0 unspecified atom stereocenters. The summed E-state index contributed by atoms with van der Waals surface area (Å²) in [6.45, 7) is 0.915. The molecule has 172 valence electrons. The van der Waals surface area contributed by atoms with Crippen molar-refractivity contribution in [3.63, 3.8) is 0 Å². The Morgan fingerprint density at radius 2 is 1.61 bits per heavy atom. The molecule has 0 aliphatic carbocycles. The third-order valence-electron chi connectivity index (χ3n) is 5.68. The van der Waals surface area contributed by atoms with Gasteiger partial charge in [0, 0.05) is 23.9 Å². The molecule has 3 aromatic carbocycles. The van der Waals surface area contributed by atoms with Gasteiger partial charge in [0.1, 0.15) is 5.82 Å². The van der Waals surface area contributed by atoms with E-state index in [1.54, 1.807) is 12.1 Å². The first-order chi connectivity index (χ1) is 15.8. The number of carbonyl (C=O) groups excluding carboxylic acids is 1. The molecule has 0 saturated carbocycles. The molecule has 1 aliphatic heterocycles. The lowest BCUT2D eigenvalue weighted by molar-refractivity contribution is -0.125. The van der Waals surface area contributed by atoms with Crippen LogP contribution in [0.1, 0.15) is 18.4 Å². The van der Waals surface area contributed by atoms with Gasteiger partial charge in [-0.1, -0.05) is 29.8 Å². The number of benzene rings is 3. The first-order valence-electron chi connectivity index (χ1n) is 10.3. The normalized spacial score (nSPS) is 15.6. The number of amides is 1. The van der Waals surface area contributed by atoms with Gasteiger partial charge in [-0.3, -0.25) is 9.52 Å². The molecule has 4 rings (SSSR count). The molecule has 0 radical (unpaired) electrons. The van der Waals surface area contributed by atoms with Gasteiger partial charge >= 0.3 is 0 Å². The summed E-state index contributed by atoms with van der Waals surface area (Å²) in [4.78, 5) is 13.4. The van der Waals surface area contributed by atoms with Crippen LogP contribution in [-0.4, -0.2) is 27.5 Å². The maximum Gasteiger partial charge on any atom is 0.261 e.